The van der Waals surface area contributed by atoms with Crippen LogP contribution < -0.4 is 10.6 Å². The molecule has 1 heterocycles. The van der Waals surface area contributed by atoms with Crippen LogP contribution >= 0.6 is 0 Å². The van der Waals surface area contributed by atoms with Gasteiger partial charge in [0.05, 0.1) is 17.6 Å². The SMILES string of the molecule is CCNC(=O)c1ccc(NC2CCOC2)c([N+](=O)[O-])c1. The van der Waals surface area contributed by atoms with E-state index in [0.717, 1.165) is 6.42 Å². The van der Waals surface area contributed by atoms with Crippen molar-refractivity contribution in [3.63, 3.8) is 0 Å². The van der Waals surface area contributed by atoms with Crippen LogP contribution in [0.5, 0.6) is 0 Å². The highest BCUT2D eigenvalue weighted by Crippen LogP contribution is 2.27. The number of nitrogens with one attached hydrogen (secondary N) is 2. The second-order valence-electron chi connectivity index (χ2n) is 4.55. The normalized spacial score (nSPS) is 17.8. The molecule has 0 bridgehead atoms. The van der Waals surface area contributed by atoms with Crippen molar-refractivity contribution in [2.75, 3.05) is 25.1 Å². The fourth-order valence-electron chi connectivity index (χ4n) is 2.08. The van der Waals surface area contributed by atoms with E-state index < -0.39 is 4.92 Å². The van der Waals surface area contributed by atoms with E-state index in [4.69, 9.17) is 4.74 Å². The van der Waals surface area contributed by atoms with Gasteiger partial charge in [0.1, 0.15) is 5.69 Å². The van der Waals surface area contributed by atoms with Gasteiger partial charge in [0.2, 0.25) is 0 Å². The third-order valence-corrected chi connectivity index (χ3v) is 3.08. The molecular formula is C13H17N3O4. The summed E-state index contributed by atoms with van der Waals surface area (Å²) < 4.78 is 5.23. The topological polar surface area (TPSA) is 93.5 Å². The predicted molar refractivity (Wildman–Crippen MR) is 74.0 cm³/mol. The van der Waals surface area contributed by atoms with Gasteiger partial charge in [-0.05, 0) is 25.5 Å². The lowest BCUT2D eigenvalue weighted by Crippen LogP contribution is -2.23. The molecule has 2 rings (SSSR count). The largest absolute Gasteiger partial charge is 0.379 e. The fourth-order valence-corrected chi connectivity index (χ4v) is 2.08. The molecule has 1 saturated heterocycles. The van der Waals surface area contributed by atoms with Gasteiger partial charge >= 0.3 is 0 Å². The molecule has 7 heteroatoms. The molecule has 0 saturated carbocycles. The third kappa shape index (κ3) is 3.24. The van der Waals surface area contributed by atoms with Crippen molar-refractivity contribution in [3.05, 3.63) is 33.9 Å². The lowest BCUT2D eigenvalue weighted by atomic mass is 10.1. The average molecular weight is 279 g/mol. The lowest BCUT2D eigenvalue weighted by molar-refractivity contribution is -0.384. The highest BCUT2D eigenvalue weighted by molar-refractivity contribution is 5.95. The maximum absolute atomic E-state index is 11.7. The molecule has 1 aromatic carbocycles. The first-order valence-electron chi connectivity index (χ1n) is 6.52. The van der Waals surface area contributed by atoms with Crippen LogP contribution in [0, 0.1) is 10.1 Å². The molecule has 0 aromatic heterocycles. The molecule has 1 fully saturated rings. The summed E-state index contributed by atoms with van der Waals surface area (Å²) in [6.45, 7) is 3.46. The molecule has 1 unspecified atom stereocenters. The van der Waals surface area contributed by atoms with E-state index in [0.29, 0.717) is 25.4 Å². The van der Waals surface area contributed by atoms with Crippen molar-refractivity contribution in [2.45, 2.75) is 19.4 Å². The van der Waals surface area contributed by atoms with Gasteiger partial charge in [-0.15, -0.1) is 0 Å². The number of rotatable bonds is 5. The summed E-state index contributed by atoms with van der Waals surface area (Å²) in [4.78, 5) is 22.3. The Kier molecular flexibility index (Phi) is 4.52. The summed E-state index contributed by atoms with van der Waals surface area (Å²) in [6, 6.07) is 4.52. The highest BCUT2D eigenvalue weighted by Gasteiger charge is 2.22. The van der Waals surface area contributed by atoms with E-state index in [1.54, 1.807) is 19.1 Å². The van der Waals surface area contributed by atoms with Gasteiger partial charge in [-0.1, -0.05) is 0 Å². The number of carbonyl (C=O) groups excluding carboxylic acids is 1. The standard InChI is InChI=1S/C13H17N3O4/c1-2-14-13(17)9-3-4-11(12(7-9)16(18)19)15-10-5-6-20-8-10/h3-4,7,10,15H,2,5-6,8H2,1H3,(H,14,17). The van der Waals surface area contributed by atoms with Crippen LogP contribution in [0.15, 0.2) is 18.2 Å². The van der Waals surface area contributed by atoms with E-state index in [-0.39, 0.29) is 23.2 Å². The summed E-state index contributed by atoms with van der Waals surface area (Å²) in [5, 5.41) is 16.8. The van der Waals surface area contributed by atoms with Crippen molar-refractivity contribution < 1.29 is 14.5 Å². The first kappa shape index (κ1) is 14.3. The summed E-state index contributed by atoms with van der Waals surface area (Å²) in [5.74, 6) is -0.314. The second-order valence-corrected chi connectivity index (χ2v) is 4.55. The zero-order chi connectivity index (χ0) is 14.5. The van der Waals surface area contributed by atoms with Crippen molar-refractivity contribution >= 4 is 17.3 Å². The molecule has 1 aromatic rings. The average Bonchev–Trinajstić information content (AvgIpc) is 2.92. The minimum Gasteiger partial charge on any atom is -0.379 e. The quantitative estimate of drug-likeness (QED) is 0.630. The molecular weight excluding hydrogens is 262 g/mol. The van der Waals surface area contributed by atoms with Crippen LogP contribution in [0.25, 0.3) is 0 Å². The van der Waals surface area contributed by atoms with Crippen molar-refractivity contribution in [2.24, 2.45) is 0 Å². The summed E-state index contributed by atoms with van der Waals surface area (Å²) in [7, 11) is 0. The molecule has 1 atom stereocenters. The Hall–Kier alpha value is -2.15. The number of ether oxygens (including phenoxy) is 1. The van der Waals surface area contributed by atoms with E-state index >= 15 is 0 Å². The number of anilines is 1. The van der Waals surface area contributed by atoms with E-state index in [9.17, 15) is 14.9 Å². The summed E-state index contributed by atoms with van der Waals surface area (Å²) in [6.07, 6.45) is 0.815. The number of hydrogen-bond donors (Lipinski definition) is 2. The number of nitro benzene ring substituents is 1. The van der Waals surface area contributed by atoms with Crippen LogP contribution in [0.3, 0.4) is 0 Å². The smallest absolute Gasteiger partial charge is 0.293 e. The van der Waals surface area contributed by atoms with Crippen LogP contribution in [0.2, 0.25) is 0 Å². The number of benzene rings is 1. The van der Waals surface area contributed by atoms with Crippen molar-refractivity contribution in [1.29, 1.82) is 0 Å². The summed E-state index contributed by atoms with van der Waals surface area (Å²) in [5.41, 5.74) is 0.603. The molecule has 0 spiro atoms. The van der Waals surface area contributed by atoms with Crippen LogP contribution in [-0.2, 0) is 4.74 Å². The first-order valence-corrected chi connectivity index (χ1v) is 6.52. The molecule has 1 aliphatic rings. The monoisotopic (exact) mass is 279 g/mol. The molecule has 2 N–H and O–H groups in total. The van der Waals surface area contributed by atoms with Gasteiger partial charge in [-0.3, -0.25) is 14.9 Å². The Labute approximate surface area is 116 Å². The molecule has 7 nitrogen and oxygen atoms in total. The first-order chi connectivity index (χ1) is 9.61. The van der Waals surface area contributed by atoms with Crippen molar-refractivity contribution in [1.82, 2.24) is 5.32 Å². The maximum atomic E-state index is 11.7. The second kappa shape index (κ2) is 6.33. The minimum atomic E-state index is -0.485. The van der Waals surface area contributed by atoms with E-state index in [2.05, 4.69) is 10.6 Å². The Morgan fingerprint density at radius 3 is 2.95 bits per heavy atom. The van der Waals surface area contributed by atoms with E-state index in [1.165, 1.54) is 6.07 Å². The van der Waals surface area contributed by atoms with Gasteiger partial charge in [0.25, 0.3) is 11.6 Å². The van der Waals surface area contributed by atoms with Gasteiger partial charge in [0.15, 0.2) is 0 Å². The number of nitrogens with zero attached hydrogens (tertiary/aromatic N) is 1. The molecule has 1 aliphatic heterocycles. The maximum Gasteiger partial charge on any atom is 0.293 e. The Bertz CT molecular complexity index is 512. The zero-order valence-electron chi connectivity index (χ0n) is 11.2. The summed E-state index contributed by atoms with van der Waals surface area (Å²) >= 11 is 0. The molecule has 108 valence electrons. The Morgan fingerprint density at radius 2 is 2.35 bits per heavy atom. The Morgan fingerprint density at radius 1 is 1.55 bits per heavy atom. The molecule has 0 radical (unpaired) electrons. The highest BCUT2D eigenvalue weighted by atomic mass is 16.6. The number of hydrogen-bond acceptors (Lipinski definition) is 5. The van der Waals surface area contributed by atoms with Crippen LogP contribution in [0.4, 0.5) is 11.4 Å². The number of amides is 1. The van der Waals surface area contributed by atoms with Gasteiger partial charge < -0.3 is 15.4 Å². The van der Waals surface area contributed by atoms with Crippen molar-refractivity contribution in [3.8, 4) is 0 Å². The predicted octanol–water partition coefficient (Wildman–Crippen LogP) is 1.55. The van der Waals surface area contributed by atoms with Gasteiger partial charge in [-0.2, -0.15) is 0 Å². The van der Waals surface area contributed by atoms with Crippen LogP contribution in [0.1, 0.15) is 23.7 Å². The van der Waals surface area contributed by atoms with Gasteiger partial charge in [-0.25, -0.2) is 0 Å². The fraction of sp³-hybridized carbons (Fsp3) is 0.462. The zero-order valence-corrected chi connectivity index (χ0v) is 11.2. The Balaban J connectivity index is 2.23. The number of carbonyl (C=O) groups is 1. The molecule has 1 amide bonds. The molecule has 0 aliphatic carbocycles. The van der Waals surface area contributed by atoms with Crippen LogP contribution in [-0.4, -0.2) is 36.6 Å². The van der Waals surface area contributed by atoms with Gasteiger partial charge in [0, 0.05) is 24.8 Å². The third-order valence-electron chi connectivity index (χ3n) is 3.08. The number of nitro groups is 1. The lowest BCUT2D eigenvalue weighted by Gasteiger charge is -2.13. The minimum absolute atomic E-state index is 0.0732. The van der Waals surface area contributed by atoms with E-state index in [1.807, 2.05) is 0 Å². The molecule has 20 heavy (non-hydrogen) atoms.